The Morgan fingerprint density at radius 3 is 2.81 bits per heavy atom. The van der Waals surface area contributed by atoms with Gasteiger partial charge in [-0.2, -0.15) is 0 Å². The molecule has 0 spiro atoms. The normalized spacial score (nSPS) is 17.1. The van der Waals surface area contributed by atoms with Crippen molar-refractivity contribution in [3.05, 3.63) is 29.8 Å². The molecule has 0 aromatic heterocycles. The van der Waals surface area contributed by atoms with Gasteiger partial charge in [-0.3, -0.25) is 4.79 Å². The maximum atomic E-state index is 11.9. The number of anilines is 1. The molecular weight excluding hydrogens is 258 g/mol. The van der Waals surface area contributed by atoms with Crippen LogP contribution >= 0.6 is 35.3 Å². The highest BCUT2D eigenvalue weighted by Crippen LogP contribution is 2.36. The number of carbonyl (C=O) groups excluding carboxylic acids is 1. The first-order valence-corrected chi connectivity index (χ1v) is 8.19. The zero-order chi connectivity index (χ0) is 11.4. The van der Waals surface area contributed by atoms with Gasteiger partial charge in [-0.1, -0.05) is 12.1 Å². The molecule has 0 radical (unpaired) electrons. The van der Waals surface area contributed by atoms with E-state index >= 15 is 0 Å². The van der Waals surface area contributed by atoms with E-state index in [1.807, 2.05) is 43.0 Å². The fourth-order valence-electron chi connectivity index (χ4n) is 1.38. The Hall–Kier alpha value is -0.260. The van der Waals surface area contributed by atoms with Gasteiger partial charge in [0, 0.05) is 15.9 Å². The number of nitrogens with one attached hydrogen (secondary N) is 1. The monoisotopic (exact) mass is 271 g/mol. The minimum atomic E-state index is 0.0433. The van der Waals surface area contributed by atoms with E-state index in [2.05, 4.69) is 5.32 Å². The molecular formula is C11H13NOS3. The quantitative estimate of drug-likeness (QED) is 0.893. The van der Waals surface area contributed by atoms with Gasteiger partial charge in [0.2, 0.25) is 5.91 Å². The van der Waals surface area contributed by atoms with Gasteiger partial charge in [0.05, 0.1) is 0 Å². The molecule has 1 N–H and O–H groups in total. The van der Waals surface area contributed by atoms with Crippen LogP contribution in [0.4, 0.5) is 5.69 Å². The number of thioether (sulfide) groups is 3. The van der Waals surface area contributed by atoms with E-state index in [1.54, 1.807) is 23.5 Å². The number of rotatable bonds is 2. The predicted molar refractivity (Wildman–Crippen MR) is 76.1 cm³/mol. The van der Waals surface area contributed by atoms with Crippen molar-refractivity contribution < 1.29 is 4.79 Å². The lowest BCUT2D eigenvalue weighted by Gasteiger charge is -2.19. The van der Waals surface area contributed by atoms with Crippen molar-refractivity contribution in [2.45, 2.75) is 11.5 Å². The molecule has 1 fully saturated rings. The molecule has 0 bridgehead atoms. The maximum absolute atomic E-state index is 11.9. The van der Waals surface area contributed by atoms with Crippen molar-refractivity contribution in [3.8, 4) is 0 Å². The highest BCUT2D eigenvalue weighted by Gasteiger charge is 2.22. The average Bonchev–Trinajstić information content (AvgIpc) is 2.30. The number of aryl methyl sites for hydroxylation is 1. The van der Waals surface area contributed by atoms with Crippen LogP contribution in [0.5, 0.6) is 0 Å². The molecule has 1 aliphatic rings. The van der Waals surface area contributed by atoms with Gasteiger partial charge in [-0.15, -0.1) is 35.3 Å². The van der Waals surface area contributed by atoms with Crippen LogP contribution in [0.1, 0.15) is 5.56 Å². The van der Waals surface area contributed by atoms with Crippen molar-refractivity contribution in [1.82, 2.24) is 0 Å². The van der Waals surface area contributed by atoms with Gasteiger partial charge >= 0.3 is 0 Å². The van der Waals surface area contributed by atoms with E-state index < -0.39 is 0 Å². The summed E-state index contributed by atoms with van der Waals surface area (Å²) in [5.74, 6) is 0.112. The Bertz CT molecular complexity index is 377. The third-order valence-corrected chi connectivity index (χ3v) is 6.38. The predicted octanol–water partition coefficient (Wildman–Crippen LogP) is 3.39. The molecule has 0 saturated carbocycles. The number of hydrogen-bond acceptors (Lipinski definition) is 4. The highest BCUT2D eigenvalue weighted by atomic mass is 32.3. The summed E-state index contributed by atoms with van der Waals surface area (Å²) in [5, 5.41) is 4.99. The van der Waals surface area contributed by atoms with E-state index in [9.17, 15) is 4.79 Å². The molecule has 1 aromatic carbocycles. The molecule has 1 aromatic rings. The van der Waals surface area contributed by atoms with Crippen LogP contribution in [-0.2, 0) is 4.79 Å². The second-order valence-electron chi connectivity index (χ2n) is 3.46. The van der Waals surface area contributed by atoms with Crippen molar-refractivity contribution in [1.29, 1.82) is 0 Å². The number of carbonyl (C=O) groups is 1. The van der Waals surface area contributed by atoms with Crippen LogP contribution in [0.2, 0.25) is 0 Å². The average molecular weight is 271 g/mol. The van der Waals surface area contributed by atoms with Crippen LogP contribution in [0.3, 0.4) is 0 Å². The summed E-state index contributed by atoms with van der Waals surface area (Å²) in [6, 6.07) is 7.90. The van der Waals surface area contributed by atoms with Crippen molar-refractivity contribution >= 4 is 46.9 Å². The van der Waals surface area contributed by atoms with Gasteiger partial charge in [-0.05, 0) is 24.6 Å². The summed E-state index contributed by atoms with van der Waals surface area (Å²) in [7, 11) is 0. The molecule has 5 heteroatoms. The smallest absolute Gasteiger partial charge is 0.247 e. The second kappa shape index (κ2) is 5.89. The SMILES string of the molecule is Cc1cccc(NC(=O)C2SCSCS2)c1. The van der Waals surface area contributed by atoms with Crippen molar-refractivity contribution in [3.63, 3.8) is 0 Å². The van der Waals surface area contributed by atoms with Gasteiger partial charge in [0.1, 0.15) is 4.58 Å². The zero-order valence-corrected chi connectivity index (χ0v) is 11.4. The van der Waals surface area contributed by atoms with Crippen molar-refractivity contribution in [2.75, 3.05) is 15.5 Å². The number of hydrogen-bond donors (Lipinski definition) is 1. The molecule has 86 valence electrons. The van der Waals surface area contributed by atoms with E-state index in [0.29, 0.717) is 0 Å². The summed E-state index contributed by atoms with van der Waals surface area (Å²) in [6.07, 6.45) is 0. The van der Waals surface area contributed by atoms with Crippen LogP contribution in [0.25, 0.3) is 0 Å². The first-order valence-electron chi connectivity index (χ1n) is 4.94. The first kappa shape index (κ1) is 12.2. The third kappa shape index (κ3) is 3.37. The molecule has 1 saturated heterocycles. The number of benzene rings is 1. The lowest BCUT2D eigenvalue weighted by Crippen LogP contribution is -2.24. The Morgan fingerprint density at radius 2 is 2.12 bits per heavy atom. The van der Waals surface area contributed by atoms with Crippen molar-refractivity contribution in [2.24, 2.45) is 0 Å². The fourth-order valence-corrected chi connectivity index (χ4v) is 5.83. The Morgan fingerprint density at radius 1 is 1.38 bits per heavy atom. The molecule has 1 aliphatic heterocycles. The van der Waals surface area contributed by atoms with Gasteiger partial charge in [0.25, 0.3) is 0 Å². The molecule has 1 amide bonds. The molecule has 0 atom stereocenters. The maximum Gasteiger partial charge on any atom is 0.247 e. The number of amides is 1. The van der Waals surface area contributed by atoms with Crippen LogP contribution in [0.15, 0.2) is 24.3 Å². The molecule has 1 heterocycles. The van der Waals surface area contributed by atoms with E-state index in [1.165, 1.54) is 0 Å². The third-order valence-electron chi connectivity index (χ3n) is 2.11. The largest absolute Gasteiger partial charge is 0.324 e. The minimum absolute atomic E-state index is 0.0433. The fraction of sp³-hybridized carbons (Fsp3) is 0.364. The van der Waals surface area contributed by atoms with Crippen LogP contribution in [-0.4, -0.2) is 20.7 Å². The lowest BCUT2D eigenvalue weighted by atomic mass is 10.2. The Kier molecular flexibility index (Phi) is 4.49. The van der Waals surface area contributed by atoms with Crippen LogP contribution < -0.4 is 5.32 Å². The summed E-state index contributed by atoms with van der Waals surface area (Å²) >= 11 is 5.29. The molecule has 2 rings (SSSR count). The lowest BCUT2D eigenvalue weighted by molar-refractivity contribution is -0.114. The van der Waals surface area contributed by atoms with E-state index in [-0.39, 0.29) is 10.5 Å². The highest BCUT2D eigenvalue weighted by molar-refractivity contribution is 8.33. The topological polar surface area (TPSA) is 29.1 Å². The molecule has 2 nitrogen and oxygen atoms in total. The molecule has 0 aliphatic carbocycles. The van der Waals surface area contributed by atoms with Gasteiger partial charge < -0.3 is 5.32 Å². The standard InChI is InChI=1S/C11H13NOS3/c1-8-3-2-4-9(5-8)12-10(13)11-15-6-14-7-16-11/h2-5,11H,6-7H2,1H3,(H,12,13). The summed E-state index contributed by atoms with van der Waals surface area (Å²) in [6.45, 7) is 2.02. The minimum Gasteiger partial charge on any atom is -0.324 e. The zero-order valence-electron chi connectivity index (χ0n) is 8.93. The molecule has 0 unspecified atom stereocenters. The van der Waals surface area contributed by atoms with Gasteiger partial charge in [0.15, 0.2) is 0 Å². The molecule has 16 heavy (non-hydrogen) atoms. The summed E-state index contributed by atoms with van der Waals surface area (Å²) in [4.78, 5) is 11.9. The van der Waals surface area contributed by atoms with E-state index in [4.69, 9.17) is 0 Å². The van der Waals surface area contributed by atoms with E-state index in [0.717, 1.165) is 21.4 Å². The van der Waals surface area contributed by atoms with Crippen LogP contribution in [0, 0.1) is 6.92 Å². The second-order valence-corrected chi connectivity index (χ2v) is 7.67. The summed E-state index contributed by atoms with van der Waals surface area (Å²) < 4.78 is 0.0433. The summed E-state index contributed by atoms with van der Waals surface area (Å²) in [5.41, 5.74) is 2.06. The first-order chi connectivity index (χ1) is 7.75. The Labute approximate surface area is 108 Å². The Balaban J connectivity index is 1.96. The van der Waals surface area contributed by atoms with Gasteiger partial charge in [-0.25, -0.2) is 0 Å².